The lowest BCUT2D eigenvalue weighted by atomic mass is 9.91. The van der Waals surface area contributed by atoms with E-state index in [2.05, 4.69) is 16.3 Å². The lowest BCUT2D eigenvalue weighted by molar-refractivity contribution is -0.122. The Morgan fingerprint density at radius 1 is 1.29 bits per heavy atom. The van der Waals surface area contributed by atoms with Gasteiger partial charge in [0.2, 0.25) is 5.91 Å². The fourth-order valence-corrected chi connectivity index (χ4v) is 3.13. The number of nitrogens with zero attached hydrogens (tertiary/aromatic N) is 6. The predicted octanol–water partition coefficient (Wildman–Crippen LogP) is 2.00. The summed E-state index contributed by atoms with van der Waals surface area (Å²) in [5.74, 6) is -0.151. The van der Waals surface area contributed by atoms with Gasteiger partial charge in [-0.25, -0.2) is 4.52 Å². The van der Waals surface area contributed by atoms with Gasteiger partial charge in [-0.05, 0) is 25.5 Å². The summed E-state index contributed by atoms with van der Waals surface area (Å²) < 4.78 is 3.50. The Morgan fingerprint density at radius 3 is 2.79 bits per heavy atom. The SMILES string of the molecule is Cn1cc(-c2cc3c(N4CC[C@](C)(C#N)C4=O)ccnn3c2)cn1. The lowest BCUT2D eigenvalue weighted by Gasteiger charge is -2.18. The number of rotatable bonds is 2. The number of hydrogen-bond acceptors (Lipinski definition) is 4. The van der Waals surface area contributed by atoms with Crippen LogP contribution in [0, 0.1) is 16.7 Å². The van der Waals surface area contributed by atoms with Crippen LogP contribution in [0.2, 0.25) is 0 Å². The van der Waals surface area contributed by atoms with E-state index in [0.29, 0.717) is 13.0 Å². The summed E-state index contributed by atoms with van der Waals surface area (Å²) in [6, 6.07) is 5.96. The quantitative estimate of drug-likeness (QED) is 0.723. The largest absolute Gasteiger partial charge is 0.309 e. The van der Waals surface area contributed by atoms with E-state index in [1.54, 1.807) is 33.4 Å². The Hall–Kier alpha value is -3.14. The number of nitriles is 1. The lowest BCUT2D eigenvalue weighted by Crippen LogP contribution is -2.32. The molecule has 1 aliphatic rings. The summed E-state index contributed by atoms with van der Waals surface area (Å²) in [7, 11) is 1.87. The number of carbonyl (C=O) groups is 1. The standard InChI is InChI=1S/C17H16N6O/c1-17(11-18)4-6-22(16(17)24)14-3-5-19-23-10-12(7-15(14)23)13-8-20-21(2)9-13/h3,5,7-10H,4,6H2,1-2H3/t17-/m1/s1. The van der Waals surface area contributed by atoms with Crippen molar-refractivity contribution in [2.45, 2.75) is 13.3 Å². The maximum atomic E-state index is 12.6. The molecule has 0 aliphatic carbocycles. The van der Waals surface area contributed by atoms with Gasteiger partial charge in [0.15, 0.2) is 0 Å². The molecule has 0 unspecified atom stereocenters. The molecule has 0 bridgehead atoms. The van der Waals surface area contributed by atoms with Crippen LogP contribution in [0.5, 0.6) is 0 Å². The van der Waals surface area contributed by atoms with Crippen LogP contribution < -0.4 is 4.90 Å². The summed E-state index contributed by atoms with van der Waals surface area (Å²) in [5.41, 5.74) is 2.65. The highest BCUT2D eigenvalue weighted by atomic mass is 16.2. The van der Waals surface area contributed by atoms with Gasteiger partial charge in [0, 0.05) is 43.3 Å². The van der Waals surface area contributed by atoms with Gasteiger partial charge in [-0.3, -0.25) is 9.48 Å². The van der Waals surface area contributed by atoms with Crippen LogP contribution in [0.1, 0.15) is 13.3 Å². The molecule has 1 aliphatic heterocycles. The third kappa shape index (κ3) is 2.00. The molecule has 0 N–H and O–H groups in total. The number of aromatic nitrogens is 4. The van der Waals surface area contributed by atoms with Crippen LogP contribution in [0.4, 0.5) is 5.69 Å². The number of anilines is 1. The molecule has 4 heterocycles. The fraction of sp³-hybridized carbons (Fsp3) is 0.294. The van der Waals surface area contributed by atoms with Crippen LogP contribution in [-0.4, -0.2) is 31.8 Å². The average molecular weight is 320 g/mol. The van der Waals surface area contributed by atoms with E-state index in [4.69, 9.17) is 0 Å². The van der Waals surface area contributed by atoms with Crippen molar-refractivity contribution in [1.29, 1.82) is 5.26 Å². The first-order valence-corrected chi connectivity index (χ1v) is 7.71. The second-order valence-electron chi connectivity index (χ2n) is 6.33. The highest BCUT2D eigenvalue weighted by Crippen LogP contribution is 2.36. The normalized spacial score (nSPS) is 20.7. The van der Waals surface area contributed by atoms with Crippen molar-refractivity contribution in [3.63, 3.8) is 0 Å². The van der Waals surface area contributed by atoms with Gasteiger partial charge in [0.25, 0.3) is 0 Å². The van der Waals surface area contributed by atoms with E-state index in [9.17, 15) is 10.1 Å². The summed E-state index contributed by atoms with van der Waals surface area (Å²) in [6.07, 6.45) is 7.85. The van der Waals surface area contributed by atoms with Crippen molar-refractivity contribution in [2.75, 3.05) is 11.4 Å². The molecule has 24 heavy (non-hydrogen) atoms. The van der Waals surface area contributed by atoms with Gasteiger partial charge in [0.05, 0.1) is 23.5 Å². The second kappa shape index (κ2) is 4.93. The molecule has 120 valence electrons. The first-order valence-electron chi connectivity index (χ1n) is 7.71. The molecule has 1 amide bonds. The maximum Gasteiger partial charge on any atom is 0.247 e. The molecule has 1 saturated heterocycles. The zero-order valence-corrected chi connectivity index (χ0v) is 13.5. The van der Waals surface area contributed by atoms with Crippen molar-refractivity contribution in [1.82, 2.24) is 19.4 Å². The van der Waals surface area contributed by atoms with Gasteiger partial charge in [-0.15, -0.1) is 0 Å². The van der Waals surface area contributed by atoms with E-state index in [1.807, 2.05) is 31.6 Å². The van der Waals surface area contributed by atoms with Crippen LogP contribution in [0.3, 0.4) is 0 Å². The van der Waals surface area contributed by atoms with Crippen molar-refractivity contribution in [3.8, 4) is 17.2 Å². The van der Waals surface area contributed by atoms with Crippen LogP contribution >= 0.6 is 0 Å². The number of hydrogen-bond donors (Lipinski definition) is 0. The average Bonchev–Trinajstić information content (AvgIpc) is 3.26. The number of amides is 1. The molecule has 0 spiro atoms. The van der Waals surface area contributed by atoms with E-state index >= 15 is 0 Å². The van der Waals surface area contributed by atoms with E-state index < -0.39 is 5.41 Å². The molecule has 0 aromatic carbocycles. The van der Waals surface area contributed by atoms with Crippen molar-refractivity contribution in [3.05, 3.63) is 36.9 Å². The minimum absolute atomic E-state index is 0.151. The number of fused-ring (bicyclic) bond motifs is 1. The summed E-state index contributed by atoms with van der Waals surface area (Å²) in [5, 5.41) is 17.8. The monoisotopic (exact) mass is 320 g/mol. The first kappa shape index (κ1) is 14.5. The van der Waals surface area contributed by atoms with Crippen molar-refractivity contribution in [2.24, 2.45) is 12.5 Å². The minimum Gasteiger partial charge on any atom is -0.309 e. The predicted molar refractivity (Wildman–Crippen MR) is 88.1 cm³/mol. The fourth-order valence-electron chi connectivity index (χ4n) is 3.13. The number of aryl methyl sites for hydroxylation is 1. The van der Waals surface area contributed by atoms with Gasteiger partial charge < -0.3 is 4.90 Å². The Balaban J connectivity index is 1.82. The molecule has 7 heteroatoms. The minimum atomic E-state index is -0.945. The zero-order chi connectivity index (χ0) is 16.9. The van der Waals surface area contributed by atoms with Crippen molar-refractivity contribution < 1.29 is 4.79 Å². The molecule has 1 atom stereocenters. The smallest absolute Gasteiger partial charge is 0.247 e. The third-order valence-corrected chi connectivity index (χ3v) is 4.61. The third-order valence-electron chi connectivity index (χ3n) is 4.61. The van der Waals surface area contributed by atoms with E-state index in [-0.39, 0.29) is 5.91 Å². The van der Waals surface area contributed by atoms with Gasteiger partial charge in [0.1, 0.15) is 5.41 Å². The maximum absolute atomic E-state index is 12.6. The topological polar surface area (TPSA) is 79.2 Å². The Labute approximate surface area is 138 Å². The van der Waals surface area contributed by atoms with Crippen LogP contribution in [0.25, 0.3) is 16.6 Å². The molecule has 4 rings (SSSR count). The molecule has 3 aromatic rings. The highest BCUT2D eigenvalue weighted by Gasteiger charge is 2.44. The molecule has 7 nitrogen and oxygen atoms in total. The zero-order valence-electron chi connectivity index (χ0n) is 13.5. The molecule has 0 saturated carbocycles. The Kier molecular flexibility index (Phi) is 2.97. The number of carbonyl (C=O) groups excluding carboxylic acids is 1. The second-order valence-corrected chi connectivity index (χ2v) is 6.33. The van der Waals surface area contributed by atoms with Gasteiger partial charge in [-0.1, -0.05) is 0 Å². The summed E-state index contributed by atoms with van der Waals surface area (Å²) in [4.78, 5) is 14.3. The molecular formula is C17H16N6O. The van der Waals surface area contributed by atoms with E-state index in [0.717, 1.165) is 22.3 Å². The molecular weight excluding hydrogens is 304 g/mol. The van der Waals surface area contributed by atoms with Gasteiger partial charge in [-0.2, -0.15) is 15.5 Å². The molecule has 0 radical (unpaired) electrons. The van der Waals surface area contributed by atoms with Crippen LogP contribution in [0.15, 0.2) is 36.9 Å². The molecule has 1 fully saturated rings. The molecule has 3 aromatic heterocycles. The Morgan fingerprint density at radius 2 is 2.12 bits per heavy atom. The van der Waals surface area contributed by atoms with Gasteiger partial charge >= 0.3 is 0 Å². The Bertz CT molecular complexity index is 994. The first-order chi connectivity index (χ1) is 11.5. The summed E-state index contributed by atoms with van der Waals surface area (Å²) in [6.45, 7) is 2.24. The van der Waals surface area contributed by atoms with Crippen molar-refractivity contribution >= 4 is 17.1 Å². The highest BCUT2D eigenvalue weighted by molar-refractivity contribution is 6.04. The van der Waals surface area contributed by atoms with E-state index in [1.165, 1.54) is 0 Å². The van der Waals surface area contributed by atoms with Crippen LogP contribution in [-0.2, 0) is 11.8 Å². The summed E-state index contributed by atoms with van der Waals surface area (Å²) >= 11 is 0.